The molecule has 0 amide bonds. The van der Waals surface area contributed by atoms with Crippen LogP contribution in [-0.2, 0) is 24.2 Å². The number of hydrogen-bond donors (Lipinski definition) is 0. The van der Waals surface area contributed by atoms with Gasteiger partial charge in [-0.2, -0.15) is 5.10 Å². The smallest absolute Gasteiger partial charge is 0.261 e. The second-order valence-electron chi connectivity index (χ2n) is 9.82. The quantitative estimate of drug-likeness (QED) is 0.430. The summed E-state index contributed by atoms with van der Waals surface area (Å²) in [7, 11) is 0. The van der Waals surface area contributed by atoms with Crippen LogP contribution < -0.4 is 5.56 Å². The lowest BCUT2D eigenvalue weighted by atomic mass is 10.1. The summed E-state index contributed by atoms with van der Waals surface area (Å²) >= 11 is 0. The molecule has 1 aliphatic carbocycles. The van der Waals surface area contributed by atoms with Gasteiger partial charge in [-0.05, 0) is 37.5 Å². The largest absolute Gasteiger partial charge is 0.379 e. The molecule has 9 heteroatoms. The number of imidazole rings is 1. The van der Waals surface area contributed by atoms with Crippen LogP contribution in [0.1, 0.15) is 31.1 Å². The van der Waals surface area contributed by atoms with Crippen LogP contribution in [-0.4, -0.2) is 66.6 Å². The molecule has 2 aliphatic heterocycles. The first-order valence-electron chi connectivity index (χ1n) is 12.7. The van der Waals surface area contributed by atoms with Crippen LogP contribution in [0.15, 0.2) is 41.6 Å². The average molecular weight is 472 g/mol. The number of benzene rings is 1. The molecule has 0 bridgehead atoms. The van der Waals surface area contributed by atoms with Gasteiger partial charge in [-0.1, -0.05) is 6.07 Å². The molecule has 0 unspecified atom stereocenters. The molecule has 1 saturated heterocycles. The van der Waals surface area contributed by atoms with Crippen molar-refractivity contribution < 1.29 is 4.74 Å². The summed E-state index contributed by atoms with van der Waals surface area (Å²) in [6.07, 6.45) is 8.21. The molecule has 35 heavy (non-hydrogen) atoms. The van der Waals surface area contributed by atoms with Crippen LogP contribution in [0.3, 0.4) is 0 Å². The SMILES string of the molecule is O=c1c2cc(-c3c(-c4ccn(C5CC5)n4)nc4n3CCC4)ccc2ncn1CCN1CCOCC1. The number of aromatic nitrogens is 6. The molecule has 3 aliphatic rings. The van der Waals surface area contributed by atoms with Gasteiger partial charge in [0.05, 0.1) is 42.2 Å². The van der Waals surface area contributed by atoms with Gasteiger partial charge in [-0.3, -0.25) is 18.9 Å². The molecule has 3 aromatic heterocycles. The second kappa shape index (κ2) is 8.42. The summed E-state index contributed by atoms with van der Waals surface area (Å²) in [4.78, 5) is 25.4. The molecule has 9 nitrogen and oxygen atoms in total. The Hall–Kier alpha value is -3.30. The monoisotopic (exact) mass is 471 g/mol. The van der Waals surface area contributed by atoms with Gasteiger partial charge in [0, 0.05) is 50.9 Å². The number of morpholine rings is 1. The number of nitrogens with zero attached hydrogens (tertiary/aromatic N) is 7. The van der Waals surface area contributed by atoms with Crippen molar-refractivity contribution in [2.24, 2.45) is 0 Å². The van der Waals surface area contributed by atoms with E-state index in [4.69, 9.17) is 14.8 Å². The zero-order chi connectivity index (χ0) is 23.4. The highest BCUT2D eigenvalue weighted by Gasteiger charge is 2.28. The number of fused-ring (bicyclic) bond motifs is 2. The molecule has 5 heterocycles. The summed E-state index contributed by atoms with van der Waals surface area (Å²) in [6, 6.07) is 8.63. The number of aryl methyl sites for hydroxylation is 1. The third-order valence-electron chi connectivity index (χ3n) is 7.46. The van der Waals surface area contributed by atoms with E-state index < -0.39 is 0 Å². The minimum Gasteiger partial charge on any atom is -0.379 e. The van der Waals surface area contributed by atoms with Gasteiger partial charge in [0.15, 0.2) is 0 Å². The van der Waals surface area contributed by atoms with Gasteiger partial charge in [0.25, 0.3) is 5.56 Å². The van der Waals surface area contributed by atoms with Crippen molar-refractivity contribution in [3.05, 3.63) is 53.0 Å². The molecule has 0 atom stereocenters. The molecule has 1 saturated carbocycles. The molecule has 0 radical (unpaired) electrons. The predicted molar refractivity (Wildman–Crippen MR) is 132 cm³/mol. The predicted octanol–water partition coefficient (Wildman–Crippen LogP) is 2.74. The Labute approximate surface area is 203 Å². The van der Waals surface area contributed by atoms with Crippen LogP contribution >= 0.6 is 0 Å². The Kier molecular flexibility index (Phi) is 5.06. The highest BCUT2D eigenvalue weighted by atomic mass is 16.5. The number of ether oxygens (including phenoxy) is 1. The maximum absolute atomic E-state index is 13.4. The Balaban J connectivity index is 1.27. The van der Waals surface area contributed by atoms with Gasteiger partial charge >= 0.3 is 0 Å². The molecule has 1 aromatic carbocycles. The fourth-order valence-electron chi connectivity index (χ4n) is 5.34. The Morgan fingerprint density at radius 2 is 1.94 bits per heavy atom. The van der Waals surface area contributed by atoms with Crippen LogP contribution in [0.2, 0.25) is 0 Å². The Morgan fingerprint density at radius 3 is 2.80 bits per heavy atom. The van der Waals surface area contributed by atoms with Crippen molar-refractivity contribution in [3.63, 3.8) is 0 Å². The Morgan fingerprint density at radius 1 is 1.06 bits per heavy atom. The standard InChI is InChI=1S/C26H29N7O2/c34-26-20-16-18(3-6-21(20)27-17-31(26)11-10-30-12-14-35-15-13-30)25-24(28-23-2-1-8-32(23)25)22-7-9-33(29-22)19-4-5-19/h3,6-7,9,16-17,19H,1-2,4-5,8,10-15H2. The van der Waals surface area contributed by atoms with Crippen LogP contribution in [0, 0.1) is 0 Å². The van der Waals surface area contributed by atoms with Gasteiger partial charge in [-0.25, -0.2) is 9.97 Å². The van der Waals surface area contributed by atoms with Crippen LogP contribution in [0.25, 0.3) is 33.5 Å². The minimum atomic E-state index is 0.00540. The van der Waals surface area contributed by atoms with Gasteiger partial charge in [-0.15, -0.1) is 0 Å². The molecule has 7 rings (SSSR count). The van der Waals surface area contributed by atoms with E-state index in [0.717, 1.165) is 86.2 Å². The molecule has 4 aromatic rings. The lowest BCUT2D eigenvalue weighted by Crippen LogP contribution is -2.39. The first-order chi connectivity index (χ1) is 17.2. The van der Waals surface area contributed by atoms with Crippen molar-refractivity contribution in [1.82, 2.24) is 33.8 Å². The van der Waals surface area contributed by atoms with E-state index in [1.54, 1.807) is 10.9 Å². The van der Waals surface area contributed by atoms with Gasteiger partial charge in [0.1, 0.15) is 17.2 Å². The highest BCUT2D eigenvalue weighted by Crippen LogP contribution is 2.38. The van der Waals surface area contributed by atoms with Crippen molar-refractivity contribution in [2.45, 2.75) is 44.8 Å². The zero-order valence-corrected chi connectivity index (χ0v) is 19.8. The van der Waals surface area contributed by atoms with Crippen molar-refractivity contribution in [1.29, 1.82) is 0 Å². The van der Waals surface area contributed by atoms with E-state index in [2.05, 4.69) is 37.5 Å². The summed E-state index contributed by atoms with van der Waals surface area (Å²) < 4.78 is 11.5. The normalized spacial score (nSPS) is 18.4. The molecule has 0 N–H and O–H groups in total. The molecule has 180 valence electrons. The topological polar surface area (TPSA) is 83.0 Å². The third-order valence-corrected chi connectivity index (χ3v) is 7.46. The Bertz CT molecular complexity index is 1460. The maximum Gasteiger partial charge on any atom is 0.261 e. The second-order valence-corrected chi connectivity index (χ2v) is 9.82. The first-order valence-corrected chi connectivity index (χ1v) is 12.7. The summed E-state index contributed by atoms with van der Waals surface area (Å²) in [5.74, 6) is 1.10. The lowest BCUT2D eigenvalue weighted by Gasteiger charge is -2.26. The van der Waals surface area contributed by atoms with Crippen LogP contribution in [0.5, 0.6) is 0 Å². The highest BCUT2D eigenvalue weighted by molar-refractivity contribution is 5.86. The summed E-state index contributed by atoms with van der Waals surface area (Å²) in [5, 5.41) is 5.50. The molecular weight excluding hydrogens is 442 g/mol. The van der Waals surface area contributed by atoms with E-state index in [1.165, 1.54) is 12.8 Å². The summed E-state index contributed by atoms with van der Waals surface area (Å²) in [5.41, 5.74) is 4.61. The van der Waals surface area contributed by atoms with Crippen LogP contribution in [0.4, 0.5) is 0 Å². The van der Waals surface area contributed by atoms with Crippen molar-refractivity contribution >= 4 is 10.9 Å². The maximum atomic E-state index is 13.4. The van der Waals surface area contributed by atoms with Crippen molar-refractivity contribution in [2.75, 3.05) is 32.8 Å². The van der Waals surface area contributed by atoms with E-state index >= 15 is 0 Å². The molecule has 0 spiro atoms. The van der Waals surface area contributed by atoms with E-state index in [1.807, 2.05) is 12.1 Å². The minimum absolute atomic E-state index is 0.00540. The fourth-order valence-corrected chi connectivity index (χ4v) is 5.34. The number of rotatable bonds is 6. The molecular formula is C26H29N7O2. The summed E-state index contributed by atoms with van der Waals surface area (Å²) in [6.45, 7) is 5.71. The zero-order valence-electron chi connectivity index (χ0n) is 19.8. The van der Waals surface area contributed by atoms with E-state index in [9.17, 15) is 4.79 Å². The van der Waals surface area contributed by atoms with E-state index in [-0.39, 0.29) is 5.56 Å². The third kappa shape index (κ3) is 3.79. The fraction of sp³-hybridized carbons (Fsp3) is 0.462. The first kappa shape index (κ1) is 21.0. The number of hydrogen-bond acceptors (Lipinski definition) is 6. The van der Waals surface area contributed by atoms with Gasteiger partial charge in [0.2, 0.25) is 0 Å². The molecule has 2 fully saturated rings. The average Bonchev–Trinajstić information content (AvgIpc) is 3.28. The van der Waals surface area contributed by atoms with Crippen molar-refractivity contribution in [3.8, 4) is 22.6 Å². The van der Waals surface area contributed by atoms with Gasteiger partial charge < -0.3 is 9.30 Å². The lowest BCUT2D eigenvalue weighted by molar-refractivity contribution is 0.0362. The van der Waals surface area contributed by atoms with E-state index in [0.29, 0.717) is 18.0 Å².